The van der Waals surface area contributed by atoms with E-state index in [0.717, 1.165) is 22.6 Å². The third-order valence-corrected chi connectivity index (χ3v) is 2.98. The average molecular weight is 254 g/mol. The highest BCUT2D eigenvalue weighted by molar-refractivity contribution is 5.41. The molecule has 0 atom stereocenters. The Morgan fingerprint density at radius 1 is 1.11 bits per heavy atom. The van der Waals surface area contributed by atoms with Crippen molar-refractivity contribution in [3.8, 4) is 5.75 Å². The normalized spacial score (nSPS) is 11.0. The molecule has 0 saturated heterocycles. The Kier molecular flexibility index (Phi) is 2.89. The minimum Gasteiger partial charge on any atom is -0.508 e. The molecule has 0 amide bonds. The number of aromatic hydroxyl groups is 1. The first kappa shape index (κ1) is 11.7. The van der Waals surface area contributed by atoms with Crippen molar-refractivity contribution >= 4 is 5.65 Å². The van der Waals surface area contributed by atoms with Crippen molar-refractivity contribution in [2.24, 2.45) is 5.73 Å². The largest absolute Gasteiger partial charge is 0.508 e. The van der Waals surface area contributed by atoms with Crippen molar-refractivity contribution in [2.75, 3.05) is 0 Å². The van der Waals surface area contributed by atoms with Gasteiger partial charge >= 0.3 is 0 Å². The zero-order valence-electron chi connectivity index (χ0n) is 10.3. The summed E-state index contributed by atoms with van der Waals surface area (Å²) in [6.45, 7) is 0.497. The molecule has 3 N–H and O–H groups in total. The molecule has 0 aliphatic rings. The third-order valence-electron chi connectivity index (χ3n) is 2.98. The van der Waals surface area contributed by atoms with Gasteiger partial charge in [0.2, 0.25) is 0 Å². The van der Waals surface area contributed by atoms with Gasteiger partial charge in [0, 0.05) is 19.2 Å². The van der Waals surface area contributed by atoms with Crippen LogP contribution in [0.2, 0.25) is 0 Å². The first-order valence-corrected chi connectivity index (χ1v) is 6.07. The smallest absolute Gasteiger partial charge is 0.156 e. The summed E-state index contributed by atoms with van der Waals surface area (Å²) < 4.78 is 1.74. The van der Waals surface area contributed by atoms with Crippen LogP contribution < -0.4 is 5.73 Å². The van der Waals surface area contributed by atoms with E-state index in [1.54, 1.807) is 16.6 Å². The van der Waals surface area contributed by atoms with Crippen molar-refractivity contribution in [3.63, 3.8) is 0 Å². The molecule has 0 unspecified atom stereocenters. The van der Waals surface area contributed by atoms with E-state index < -0.39 is 0 Å². The predicted molar refractivity (Wildman–Crippen MR) is 71.8 cm³/mol. The Morgan fingerprint density at radius 3 is 2.63 bits per heavy atom. The molecule has 3 rings (SSSR count). The number of phenols is 1. The summed E-state index contributed by atoms with van der Waals surface area (Å²) >= 11 is 0. The molecule has 0 aliphatic carbocycles. The monoisotopic (exact) mass is 254 g/mol. The molecule has 3 aromatic rings. The maximum absolute atomic E-state index is 9.25. The fraction of sp³-hybridized carbons (Fsp3) is 0.143. The van der Waals surface area contributed by atoms with Gasteiger partial charge in [-0.25, -0.2) is 9.50 Å². The standard InChI is InChI=1S/C14H14N4O/c15-9-11-5-6-18-14(8-11)16-13(17-18)7-10-1-3-12(19)4-2-10/h1-6,8,19H,7,9,15H2. The van der Waals surface area contributed by atoms with Gasteiger partial charge < -0.3 is 10.8 Å². The highest BCUT2D eigenvalue weighted by atomic mass is 16.3. The topological polar surface area (TPSA) is 76.4 Å². The van der Waals surface area contributed by atoms with Crippen LogP contribution in [0.1, 0.15) is 17.0 Å². The van der Waals surface area contributed by atoms with Crippen molar-refractivity contribution in [1.29, 1.82) is 0 Å². The Morgan fingerprint density at radius 2 is 1.89 bits per heavy atom. The summed E-state index contributed by atoms with van der Waals surface area (Å²) in [6, 6.07) is 10.9. The van der Waals surface area contributed by atoms with Crippen LogP contribution in [0.4, 0.5) is 0 Å². The second-order valence-electron chi connectivity index (χ2n) is 4.41. The Labute approximate surface area is 110 Å². The van der Waals surface area contributed by atoms with Crippen molar-refractivity contribution in [2.45, 2.75) is 13.0 Å². The molecule has 0 radical (unpaired) electrons. The fourth-order valence-electron chi connectivity index (χ4n) is 1.97. The quantitative estimate of drug-likeness (QED) is 0.742. The summed E-state index contributed by atoms with van der Waals surface area (Å²) in [5.74, 6) is 1.01. The second-order valence-corrected chi connectivity index (χ2v) is 4.41. The highest BCUT2D eigenvalue weighted by Gasteiger charge is 2.05. The number of phenolic OH excluding ortho intramolecular Hbond substituents is 1. The second kappa shape index (κ2) is 4.70. The average Bonchev–Trinajstić information content (AvgIpc) is 2.82. The number of nitrogens with zero attached hydrogens (tertiary/aromatic N) is 3. The third kappa shape index (κ3) is 2.41. The molecular formula is C14H14N4O. The lowest BCUT2D eigenvalue weighted by molar-refractivity contribution is 0.475. The molecule has 19 heavy (non-hydrogen) atoms. The van der Waals surface area contributed by atoms with Crippen LogP contribution in [0.25, 0.3) is 5.65 Å². The van der Waals surface area contributed by atoms with Crippen LogP contribution in [0.3, 0.4) is 0 Å². The fourth-order valence-corrected chi connectivity index (χ4v) is 1.97. The lowest BCUT2D eigenvalue weighted by Crippen LogP contribution is -1.97. The van der Waals surface area contributed by atoms with E-state index >= 15 is 0 Å². The lowest BCUT2D eigenvalue weighted by Gasteiger charge is -1.96. The van der Waals surface area contributed by atoms with Crippen molar-refractivity contribution < 1.29 is 5.11 Å². The summed E-state index contributed by atoms with van der Waals surface area (Å²) in [7, 11) is 0. The number of rotatable bonds is 3. The van der Waals surface area contributed by atoms with Crippen molar-refractivity contribution in [3.05, 3.63) is 59.5 Å². The minimum atomic E-state index is 0.263. The summed E-state index contributed by atoms with van der Waals surface area (Å²) in [5.41, 5.74) is 8.51. The predicted octanol–water partition coefficient (Wildman–Crippen LogP) is 1.48. The van der Waals surface area contributed by atoms with E-state index in [9.17, 15) is 5.11 Å². The molecular weight excluding hydrogens is 240 g/mol. The van der Waals surface area contributed by atoms with E-state index in [1.807, 2.05) is 30.5 Å². The molecule has 0 spiro atoms. The van der Waals surface area contributed by atoms with E-state index in [2.05, 4.69) is 10.1 Å². The molecule has 0 aliphatic heterocycles. The Hall–Kier alpha value is -2.40. The van der Waals surface area contributed by atoms with Gasteiger partial charge in [-0.3, -0.25) is 0 Å². The SMILES string of the molecule is NCc1ccn2nc(Cc3ccc(O)cc3)nc2c1. The van der Waals surface area contributed by atoms with E-state index in [-0.39, 0.29) is 5.75 Å². The molecule has 96 valence electrons. The molecule has 5 heteroatoms. The number of nitrogens with two attached hydrogens (primary N) is 1. The van der Waals surface area contributed by atoms with Crippen LogP contribution in [0, 0.1) is 0 Å². The van der Waals surface area contributed by atoms with E-state index in [4.69, 9.17) is 5.73 Å². The van der Waals surface area contributed by atoms with Gasteiger partial charge in [-0.1, -0.05) is 12.1 Å². The van der Waals surface area contributed by atoms with Crippen LogP contribution in [-0.4, -0.2) is 19.7 Å². The van der Waals surface area contributed by atoms with E-state index in [0.29, 0.717) is 13.0 Å². The molecule has 2 aromatic heterocycles. The number of hydrogen-bond donors (Lipinski definition) is 2. The molecule has 2 heterocycles. The number of benzene rings is 1. The molecule has 0 bridgehead atoms. The number of hydrogen-bond acceptors (Lipinski definition) is 4. The van der Waals surface area contributed by atoms with Gasteiger partial charge in [-0.2, -0.15) is 5.10 Å². The zero-order chi connectivity index (χ0) is 13.2. The van der Waals surface area contributed by atoms with Gasteiger partial charge in [0.15, 0.2) is 11.5 Å². The minimum absolute atomic E-state index is 0.263. The van der Waals surface area contributed by atoms with Gasteiger partial charge in [0.1, 0.15) is 5.75 Å². The zero-order valence-corrected chi connectivity index (χ0v) is 10.3. The first-order valence-electron chi connectivity index (χ1n) is 6.07. The van der Waals surface area contributed by atoms with E-state index in [1.165, 1.54) is 0 Å². The van der Waals surface area contributed by atoms with Gasteiger partial charge in [0.25, 0.3) is 0 Å². The molecule has 1 aromatic carbocycles. The summed E-state index contributed by atoms with van der Waals surface area (Å²) in [5, 5.41) is 13.7. The first-order chi connectivity index (χ1) is 9.24. The summed E-state index contributed by atoms with van der Waals surface area (Å²) in [4.78, 5) is 4.47. The van der Waals surface area contributed by atoms with Gasteiger partial charge in [-0.15, -0.1) is 0 Å². The van der Waals surface area contributed by atoms with Crippen LogP contribution in [-0.2, 0) is 13.0 Å². The molecule has 0 saturated carbocycles. The lowest BCUT2D eigenvalue weighted by atomic mass is 10.1. The summed E-state index contributed by atoms with van der Waals surface area (Å²) in [6.07, 6.45) is 2.50. The number of pyridine rings is 1. The molecule has 0 fully saturated rings. The Bertz CT molecular complexity index is 703. The van der Waals surface area contributed by atoms with Gasteiger partial charge in [-0.05, 0) is 35.4 Å². The Balaban J connectivity index is 1.90. The number of fused-ring (bicyclic) bond motifs is 1. The van der Waals surface area contributed by atoms with Crippen LogP contribution in [0.5, 0.6) is 5.75 Å². The maximum atomic E-state index is 9.25. The van der Waals surface area contributed by atoms with Gasteiger partial charge in [0.05, 0.1) is 0 Å². The highest BCUT2D eigenvalue weighted by Crippen LogP contribution is 2.13. The maximum Gasteiger partial charge on any atom is 0.156 e. The van der Waals surface area contributed by atoms with Crippen LogP contribution in [0.15, 0.2) is 42.6 Å². The van der Waals surface area contributed by atoms with Crippen molar-refractivity contribution in [1.82, 2.24) is 14.6 Å². The molecule has 5 nitrogen and oxygen atoms in total. The number of aromatic nitrogens is 3. The van der Waals surface area contributed by atoms with Crippen LogP contribution >= 0.6 is 0 Å².